The molecular weight excluding hydrogens is 522 g/mol. The van der Waals surface area contributed by atoms with Crippen molar-refractivity contribution in [2.75, 3.05) is 7.11 Å². The van der Waals surface area contributed by atoms with Crippen molar-refractivity contribution in [3.05, 3.63) is 144 Å². The normalized spacial score (nSPS) is 11.1. The van der Waals surface area contributed by atoms with Gasteiger partial charge in [0.15, 0.2) is 0 Å². The van der Waals surface area contributed by atoms with Crippen LogP contribution in [0.1, 0.15) is 0 Å². The number of ether oxygens (including phenoxy) is 1. The molecule has 0 aliphatic carbocycles. The van der Waals surface area contributed by atoms with Gasteiger partial charge in [0.2, 0.25) is 0 Å². The Hall–Kier alpha value is -5.75. The van der Waals surface area contributed by atoms with Crippen molar-refractivity contribution in [3.8, 4) is 56.3 Å². The molecule has 0 bridgehead atoms. The molecule has 6 nitrogen and oxygen atoms in total. The molecule has 0 saturated heterocycles. The molecule has 42 heavy (non-hydrogen) atoms. The zero-order chi connectivity index (χ0) is 28.5. The Morgan fingerprint density at radius 1 is 0.667 bits per heavy atom. The number of nitrogens with zero attached hydrogens (tertiary/aromatic N) is 3. The van der Waals surface area contributed by atoms with Gasteiger partial charge in [-0.15, -0.1) is 0 Å². The number of rotatable bonds is 6. The van der Waals surface area contributed by atoms with Crippen LogP contribution in [0.3, 0.4) is 0 Å². The summed E-state index contributed by atoms with van der Waals surface area (Å²) >= 11 is 0. The van der Waals surface area contributed by atoms with E-state index in [9.17, 15) is 4.79 Å². The zero-order valence-electron chi connectivity index (χ0n) is 22.8. The summed E-state index contributed by atoms with van der Waals surface area (Å²) in [5.74, 6) is 0.751. The van der Waals surface area contributed by atoms with Crippen molar-refractivity contribution in [2.24, 2.45) is 0 Å². The highest BCUT2D eigenvalue weighted by Crippen LogP contribution is 2.36. The van der Waals surface area contributed by atoms with Crippen molar-refractivity contribution in [2.45, 2.75) is 0 Å². The molecule has 202 valence electrons. The number of aromatic nitrogens is 3. The predicted octanol–water partition coefficient (Wildman–Crippen LogP) is 8.05. The summed E-state index contributed by atoms with van der Waals surface area (Å²) in [6, 6.07) is 41.1. The van der Waals surface area contributed by atoms with Gasteiger partial charge in [0.1, 0.15) is 17.0 Å². The third kappa shape index (κ3) is 4.75. The van der Waals surface area contributed by atoms with Crippen molar-refractivity contribution in [3.63, 3.8) is 0 Å². The van der Waals surface area contributed by atoms with Crippen LogP contribution in [0.2, 0.25) is 0 Å². The van der Waals surface area contributed by atoms with Crippen LogP contribution >= 0.6 is 0 Å². The summed E-state index contributed by atoms with van der Waals surface area (Å²) in [4.78, 5) is 18.2. The molecule has 0 spiro atoms. The fourth-order valence-corrected chi connectivity index (χ4v) is 5.08. The lowest BCUT2D eigenvalue weighted by Gasteiger charge is -2.11. The monoisotopic (exact) mass is 547 g/mol. The summed E-state index contributed by atoms with van der Waals surface area (Å²) in [6.45, 7) is 0. The van der Waals surface area contributed by atoms with Gasteiger partial charge in [0, 0.05) is 28.3 Å². The van der Waals surface area contributed by atoms with Gasteiger partial charge in [-0.1, -0.05) is 66.7 Å². The van der Waals surface area contributed by atoms with Gasteiger partial charge in [-0.3, -0.25) is 0 Å². The quantitative estimate of drug-likeness (QED) is 0.197. The highest BCUT2D eigenvalue weighted by molar-refractivity contribution is 5.86. The average molecular weight is 548 g/mol. The molecule has 0 radical (unpaired) electrons. The Balaban J connectivity index is 1.48. The number of methoxy groups -OCH3 is 1. The van der Waals surface area contributed by atoms with Crippen molar-refractivity contribution in [1.82, 2.24) is 14.8 Å². The van der Waals surface area contributed by atoms with Crippen LogP contribution in [0.5, 0.6) is 5.75 Å². The smallest absolute Gasteiger partial charge is 0.345 e. The zero-order valence-corrected chi connectivity index (χ0v) is 22.8. The topological polar surface area (TPSA) is 70.2 Å². The van der Waals surface area contributed by atoms with Crippen LogP contribution in [-0.2, 0) is 0 Å². The highest BCUT2D eigenvalue weighted by atomic mass is 16.5. The standard InChI is InChI=1S/C36H25N3O3/c1-41-29-18-16-24(17-19-29)32-21-27(22-33(37-32)30-20-26-12-8-9-15-34(26)42-36(30)40)31-23-39(28-13-6-3-7-14-28)38-35(31)25-10-4-2-5-11-25/h2-23H,1H3. The van der Waals surface area contributed by atoms with Gasteiger partial charge in [0.05, 0.1) is 29.7 Å². The third-order valence-electron chi connectivity index (χ3n) is 7.22. The summed E-state index contributed by atoms with van der Waals surface area (Å²) < 4.78 is 13.0. The molecular formula is C36H25N3O3. The maximum absolute atomic E-state index is 13.3. The number of hydrogen-bond acceptors (Lipinski definition) is 5. The minimum Gasteiger partial charge on any atom is -0.497 e. The van der Waals surface area contributed by atoms with Crippen LogP contribution in [0.25, 0.3) is 61.6 Å². The molecule has 7 aromatic rings. The van der Waals surface area contributed by atoms with Gasteiger partial charge in [-0.05, 0) is 66.2 Å². The maximum atomic E-state index is 13.3. The van der Waals surface area contributed by atoms with Gasteiger partial charge >= 0.3 is 5.63 Å². The predicted molar refractivity (Wildman–Crippen MR) is 166 cm³/mol. The fraction of sp³-hybridized carbons (Fsp3) is 0.0278. The SMILES string of the molecule is COc1ccc(-c2cc(-c3cn(-c4ccccc4)nc3-c3ccccc3)cc(-c3cc4ccccc4oc3=O)n2)cc1. The second-order valence-corrected chi connectivity index (χ2v) is 9.88. The van der Waals surface area contributed by atoms with Crippen LogP contribution in [-0.4, -0.2) is 21.9 Å². The molecule has 4 aromatic carbocycles. The van der Waals surface area contributed by atoms with E-state index in [0.29, 0.717) is 22.5 Å². The third-order valence-corrected chi connectivity index (χ3v) is 7.22. The second-order valence-electron chi connectivity index (χ2n) is 9.88. The molecule has 6 heteroatoms. The molecule has 0 atom stereocenters. The Bertz CT molecular complexity index is 2080. The first-order valence-corrected chi connectivity index (χ1v) is 13.6. The minimum absolute atomic E-state index is 0.391. The lowest BCUT2D eigenvalue weighted by Crippen LogP contribution is -2.04. The Labute approximate surface area is 242 Å². The molecule has 0 saturated carbocycles. The number of para-hydroxylation sites is 2. The summed E-state index contributed by atoms with van der Waals surface area (Å²) in [5.41, 5.74) is 7.14. The molecule has 0 amide bonds. The van der Waals surface area contributed by atoms with Crippen LogP contribution in [0, 0.1) is 0 Å². The van der Waals surface area contributed by atoms with Crippen LogP contribution < -0.4 is 10.4 Å². The Kier molecular flexibility index (Phi) is 6.41. The molecule has 0 fully saturated rings. The molecule has 0 aliphatic rings. The van der Waals surface area contributed by atoms with E-state index in [1.807, 2.05) is 132 Å². The lowest BCUT2D eigenvalue weighted by atomic mass is 9.98. The van der Waals surface area contributed by atoms with Crippen LogP contribution in [0.4, 0.5) is 0 Å². The van der Waals surface area contributed by atoms with E-state index in [4.69, 9.17) is 19.2 Å². The number of benzene rings is 4. The van der Waals surface area contributed by atoms with E-state index in [1.165, 1.54) is 0 Å². The van der Waals surface area contributed by atoms with Gasteiger partial charge in [-0.25, -0.2) is 14.5 Å². The van der Waals surface area contributed by atoms with E-state index in [0.717, 1.165) is 44.8 Å². The van der Waals surface area contributed by atoms with E-state index in [-0.39, 0.29) is 0 Å². The average Bonchev–Trinajstić information content (AvgIpc) is 3.51. The molecule has 0 N–H and O–H groups in total. The molecule has 0 unspecified atom stereocenters. The van der Waals surface area contributed by atoms with E-state index < -0.39 is 5.63 Å². The largest absolute Gasteiger partial charge is 0.497 e. The van der Waals surface area contributed by atoms with Gasteiger partial charge in [0.25, 0.3) is 0 Å². The van der Waals surface area contributed by atoms with E-state index in [2.05, 4.69) is 0 Å². The van der Waals surface area contributed by atoms with E-state index in [1.54, 1.807) is 13.2 Å². The second kappa shape index (κ2) is 10.7. The first kappa shape index (κ1) is 25.2. The molecule has 0 aliphatic heterocycles. The van der Waals surface area contributed by atoms with E-state index >= 15 is 0 Å². The number of pyridine rings is 1. The Morgan fingerprint density at radius 2 is 1.36 bits per heavy atom. The number of fused-ring (bicyclic) bond motifs is 1. The summed E-state index contributed by atoms with van der Waals surface area (Å²) in [6.07, 6.45) is 2.03. The van der Waals surface area contributed by atoms with Gasteiger partial charge in [-0.2, -0.15) is 5.10 Å². The highest BCUT2D eigenvalue weighted by Gasteiger charge is 2.19. The Morgan fingerprint density at radius 3 is 2.12 bits per heavy atom. The molecule has 3 heterocycles. The van der Waals surface area contributed by atoms with Crippen LogP contribution in [0.15, 0.2) is 143 Å². The van der Waals surface area contributed by atoms with Crippen molar-refractivity contribution >= 4 is 11.0 Å². The van der Waals surface area contributed by atoms with Gasteiger partial charge < -0.3 is 9.15 Å². The molecule has 7 rings (SSSR count). The van der Waals surface area contributed by atoms with Crippen molar-refractivity contribution in [1.29, 1.82) is 0 Å². The first-order valence-electron chi connectivity index (χ1n) is 13.6. The molecule has 3 aromatic heterocycles. The number of hydrogen-bond donors (Lipinski definition) is 0. The fourth-order valence-electron chi connectivity index (χ4n) is 5.08. The summed E-state index contributed by atoms with van der Waals surface area (Å²) in [7, 11) is 1.64. The first-order chi connectivity index (χ1) is 20.7. The van der Waals surface area contributed by atoms with Crippen molar-refractivity contribution < 1.29 is 9.15 Å². The summed E-state index contributed by atoms with van der Waals surface area (Å²) in [5, 5.41) is 5.84. The maximum Gasteiger partial charge on any atom is 0.345 e. The minimum atomic E-state index is -0.442. The lowest BCUT2D eigenvalue weighted by molar-refractivity contribution is 0.415.